The van der Waals surface area contributed by atoms with Gasteiger partial charge in [-0.15, -0.1) is 0 Å². The van der Waals surface area contributed by atoms with Gasteiger partial charge in [0.05, 0.1) is 13.0 Å². The van der Waals surface area contributed by atoms with Gasteiger partial charge in [0.25, 0.3) is 0 Å². The van der Waals surface area contributed by atoms with Crippen molar-refractivity contribution in [2.24, 2.45) is 0 Å². The molecule has 0 aliphatic heterocycles. The lowest BCUT2D eigenvalue weighted by Gasteiger charge is -1.98. The lowest BCUT2D eigenvalue weighted by Crippen LogP contribution is -2.01. The maximum atomic E-state index is 11.1. The van der Waals surface area contributed by atoms with Crippen LogP contribution in [0.2, 0.25) is 0 Å². The third-order valence-corrected chi connectivity index (χ3v) is 2.29. The Balaban J connectivity index is 2.46. The van der Waals surface area contributed by atoms with Gasteiger partial charge >= 0.3 is 5.97 Å². The van der Waals surface area contributed by atoms with Gasteiger partial charge in [-0.25, -0.2) is 0 Å². The first-order valence-electron chi connectivity index (χ1n) is 5.67. The Labute approximate surface area is 96.9 Å². The summed E-state index contributed by atoms with van der Waals surface area (Å²) in [6.07, 6.45) is 5.16. The summed E-state index contributed by atoms with van der Waals surface area (Å²) in [7, 11) is 0. The van der Waals surface area contributed by atoms with Gasteiger partial charge in [-0.3, -0.25) is 4.79 Å². The Morgan fingerprint density at radius 1 is 1.25 bits per heavy atom. The molecule has 16 heavy (non-hydrogen) atoms. The van der Waals surface area contributed by atoms with Gasteiger partial charge < -0.3 is 4.74 Å². The Kier molecular flexibility index (Phi) is 5.34. The summed E-state index contributed by atoms with van der Waals surface area (Å²) in [5.41, 5.74) is 2.43. The van der Waals surface area contributed by atoms with Crippen molar-refractivity contribution in [3.05, 3.63) is 41.5 Å². The maximum Gasteiger partial charge on any atom is 0.309 e. The molecule has 0 spiro atoms. The summed E-state index contributed by atoms with van der Waals surface area (Å²) in [6, 6.07) is 8.31. The van der Waals surface area contributed by atoms with Crippen LogP contribution in [0, 0.1) is 0 Å². The average molecular weight is 218 g/mol. The average Bonchev–Trinajstić information content (AvgIpc) is 2.30. The fourth-order valence-corrected chi connectivity index (χ4v) is 1.38. The van der Waals surface area contributed by atoms with E-state index < -0.39 is 0 Å². The van der Waals surface area contributed by atoms with E-state index >= 15 is 0 Å². The quantitative estimate of drug-likeness (QED) is 0.709. The van der Waals surface area contributed by atoms with Crippen molar-refractivity contribution in [2.45, 2.75) is 26.7 Å². The first-order chi connectivity index (χ1) is 7.76. The smallest absolute Gasteiger partial charge is 0.309 e. The van der Waals surface area contributed by atoms with Crippen LogP contribution in [0.1, 0.15) is 31.4 Å². The molecule has 0 saturated heterocycles. The van der Waals surface area contributed by atoms with E-state index in [1.54, 1.807) is 0 Å². The van der Waals surface area contributed by atoms with Crippen molar-refractivity contribution in [3.8, 4) is 0 Å². The summed E-state index contributed by atoms with van der Waals surface area (Å²) in [6.45, 7) is 4.38. The second-order valence-corrected chi connectivity index (χ2v) is 3.51. The molecule has 0 unspecified atom stereocenters. The first-order valence-corrected chi connectivity index (χ1v) is 5.67. The summed E-state index contributed by atoms with van der Waals surface area (Å²) in [5.74, 6) is -0.177. The van der Waals surface area contributed by atoms with Crippen LogP contribution >= 0.6 is 0 Å². The molecule has 1 aromatic carbocycles. The number of esters is 1. The van der Waals surface area contributed by atoms with E-state index in [-0.39, 0.29) is 5.97 Å². The molecule has 0 amide bonds. The molecule has 0 aliphatic rings. The summed E-state index contributed by atoms with van der Waals surface area (Å²) < 4.78 is 4.83. The lowest BCUT2D eigenvalue weighted by molar-refractivity contribution is -0.142. The molecule has 0 fully saturated rings. The minimum Gasteiger partial charge on any atom is -0.466 e. The molecule has 0 bridgehead atoms. The molecule has 86 valence electrons. The zero-order valence-corrected chi connectivity index (χ0v) is 9.90. The van der Waals surface area contributed by atoms with Crippen LogP contribution < -0.4 is 0 Å². The minimum atomic E-state index is -0.177. The number of rotatable bonds is 5. The van der Waals surface area contributed by atoms with E-state index in [9.17, 15) is 4.79 Å². The van der Waals surface area contributed by atoms with E-state index in [1.807, 2.05) is 19.1 Å². The summed E-state index contributed by atoms with van der Waals surface area (Å²) in [4.78, 5) is 11.1. The zero-order valence-electron chi connectivity index (χ0n) is 9.90. The predicted octanol–water partition coefficient (Wildman–Crippen LogP) is 3.22. The summed E-state index contributed by atoms with van der Waals surface area (Å²) >= 11 is 0. The molecule has 0 atom stereocenters. The largest absolute Gasteiger partial charge is 0.466 e. The van der Waals surface area contributed by atoms with Crippen molar-refractivity contribution in [2.75, 3.05) is 6.61 Å². The molecule has 0 aliphatic carbocycles. The molecule has 0 N–H and O–H groups in total. The van der Waals surface area contributed by atoms with Gasteiger partial charge in [0.2, 0.25) is 0 Å². The zero-order chi connectivity index (χ0) is 11.8. The third kappa shape index (κ3) is 4.30. The van der Waals surface area contributed by atoms with E-state index in [4.69, 9.17) is 4.74 Å². The molecule has 0 heterocycles. The Bertz CT molecular complexity index is 350. The first kappa shape index (κ1) is 12.5. The Hall–Kier alpha value is -1.57. The van der Waals surface area contributed by atoms with Crippen LogP contribution in [0.4, 0.5) is 0 Å². The SMILES string of the molecule is CCOC(=O)C/C=C/c1ccc(CC)cc1. The molecule has 0 saturated carbocycles. The van der Waals surface area contributed by atoms with E-state index in [2.05, 4.69) is 31.2 Å². The molecule has 2 nitrogen and oxygen atoms in total. The van der Waals surface area contributed by atoms with Crippen molar-refractivity contribution in [3.63, 3.8) is 0 Å². The maximum absolute atomic E-state index is 11.1. The highest BCUT2D eigenvalue weighted by Crippen LogP contribution is 2.07. The van der Waals surface area contributed by atoms with Crippen molar-refractivity contribution >= 4 is 12.0 Å². The van der Waals surface area contributed by atoms with Crippen molar-refractivity contribution in [1.29, 1.82) is 0 Å². The number of carbonyl (C=O) groups excluding carboxylic acids is 1. The molecule has 2 heteroatoms. The standard InChI is InChI=1S/C14H18O2/c1-3-12-8-10-13(11-9-12)6-5-7-14(15)16-4-2/h5-6,8-11H,3-4,7H2,1-2H3/b6-5+. The number of hydrogen-bond acceptors (Lipinski definition) is 2. The molecule has 0 radical (unpaired) electrons. The highest BCUT2D eigenvalue weighted by Gasteiger charge is 1.96. The van der Waals surface area contributed by atoms with Gasteiger partial charge in [0, 0.05) is 0 Å². The van der Waals surface area contributed by atoms with Crippen LogP contribution in [0.25, 0.3) is 6.08 Å². The fourth-order valence-electron chi connectivity index (χ4n) is 1.38. The van der Waals surface area contributed by atoms with E-state index in [0.29, 0.717) is 13.0 Å². The highest BCUT2D eigenvalue weighted by molar-refractivity contribution is 5.72. The fraction of sp³-hybridized carbons (Fsp3) is 0.357. The molecular weight excluding hydrogens is 200 g/mol. The van der Waals surface area contributed by atoms with Crippen molar-refractivity contribution < 1.29 is 9.53 Å². The number of ether oxygens (including phenoxy) is 1. The molecular formula is C14H18O2. The molecule has 1 rings (SSSR count). The van der Waals surface area contributed by atoms with Crippen LogP contribution in [-0.4, -0.2) is 12.6 Å². The van der Waals surface area contributed by atoms with E-state index in [1.165, 1.54) is 5.56 Å². The van der Waals surface area contributed by atoms with Crippen LogP contribution in [0.3, 0.4) is 0 Å². The number of aryl methyl sites for hydroxylation is 1. The third-order valence-electron chi connectivity index (χ3n) is 2.29. The number of benzene rings is 1. The second-order valence-electron chi connectivity index (χ2n) is 3.51. The van der Waals surface area contributed by atoms with Gasteiger partial charge in [-0.1, -0.05) is 43.3 Å². The minimum absolute atomic E-state index is 0.177. The second kappa shape index (κ2) is 6.83. The topological polar surface area (TPSA) is 26.3 Å². The van der Waals surface area contributed by atoms with Crippen LogP contribution in [0.15, 0.2) is 30.3 Å². The summed E-state index contributed by atoms with van der Waals surface area (Å²) in [5, 5.41) is 0. The highest BCUT2D eigenvalue weighted by atomic mass is 16.5. The number of carbonyl (C=O) groups is 1. The van der Waals surface area contributed by atoms with Crippen molar-refractivity contribution in [1.82, 2.24) is 0 Å². The van der Waals surface area contributed by atoms with Gasteiger partial charge in [-0.05, 0) is 24.5 Å². The number of hydrogen-bond donors (Lipinski definition) is 0. The van der Waals surface area contributed by atoms with Gasteiger partial charge in [0.15, 0.2) is 0 Å². The predicted molar refractivity (Wildman–Crippen MR) is 66.1 cm³/mol. The lowest BCUT2D eigenvalue weighted by atomic mass is 10.1. The van der Waals surface area contributed by atoms with E-state index in [0.717, 1.165) is 12.0 Å². The normalized spacial score (nSPS) is 10.6. The van der Waals surface area contributed by atoms with Gasteiger partial charge in [0.1, 0.15) is 0 Å². The molecule has 1 aromatic rings. The van der Waals surface area contributed by atoms with Crippen LogP contribution in [0.5, 0.6) is 0 Å². The monoisotopic (exact) mass is 218 g/mol. The van der Waals surface area contributed by atoms with Gasteiger partial charge in [-0.2, -0.15) is 0 Å². The Morgan fingerprint density at radius 3 is 2.50 bits per heavy atom. The molecule has 0 aromatic heterocycles. The van der Waals surface area contributed by atoms with Crippen LogP contribution in [-0.2, 0) is 16.0 Å². The Morgan fingerprint density at radius 2 is 1.94 bits per heavy atom.